The third kappa shape index (κ3) is 4.32. The number of carbonyl (C=O) groups is 1. The third-order valence-corrected chi connectivity index (χ3v) is 6.54. The molecule has 8 nitrogen and oxygen atoms in total. The van der Waals surface area contributed by atoms with Gasteiger partial charge in [-0.05, 0) is 38.0 Å². The maximum Gasteiger partial charge on any atom is 0.292 e. The molecule has 1 saturated carbocycles. The van der Waals surface area contributed by atoms with Gasteiger partial charge in [-0.15, -0.1) is 0 Å². The summed E-state index contributed by atoms with van der Waals surface area (Å²) in [5.41, 5.74) is 0.478. The van der Waals surface area contributed by atoms with Crippen molar-refractivity contribution in [3.8, 4) is 0 Å². The van der Waals surface area contributed by atoms with Crippen LogP contribution in [0.4, 0.5) is 11.4 Å². The maximum absolute atomic E-state index is 13.2. The van der Waals surface area contributed by atoms with E-state index >= 15 is 0 Å². The van der Waals surface area contributed by atoms with Crippen LogP contribution in [0.1, 0.15) is 38.6 Å². The lowest BCUT2D eigenvalue weighted by atomic mass is 10.2. The number of fused-ring (bicyclic) bond motifs is 1. The zero-order valence-corrected chi connectivity index (χ0v) is 17.8. The molecule has 2 aromatic carbocycles. The number of rotatable bonds is 6. The molecule has 1 aromatic heterocycles. The molecule has 1 amide bonds. The van der Waals surface area contributed by atoms with Crippen molar-refractivity contribution < 1.29 is 9.72 Å². The van der Waals surface area contributed by atoms with Crippen molar-refractivity contribution >= 4 is 39.9 Å². The monoisotopic (exact) mass is 438 g/mol. The van der Waals surface area contributed by atoms with Crippen molar-refractivity contribution in [2.45, 2.75) is 49.1 Å². The van der Waals surface area contributed by atoms with E-state index in [-0.39, 0.29) is 28.9 Å². The van der Waals surface area contributed by atoms with E-state index in [1.165, 1.54) is 23.9 Å². The predicted molar refractivity (Wildman–Crippen MR) is 121 cm³/mol. The number of para-hydroxylation sites is 3. The molecule has 1 N–H and O–H groups in total. The van der Waals surface area contributed by atoms with E-state index in [9.17, 15) is 19.7 Å². The number of carbonyl (C=O) groups excluding carboxylic acids is 1. The minimum Gasteiger partial charge on any atom is -0.319 e. The summed E-state index contributed by atoms with van der Waals surface area (Å²) in [6.07, 6.45) is 3.93. The van der Waals surface area contributed by atoms with Crippen LogP contribution in [0.2, 0.25) is 0 Å². The van der Waals surface area contributed by atoms with E-state index in [1.807, 2.05) is 12.1 Å². The van der Waals surface area contributed by atoms with Gasteiger partial charge < -0.3 is 5.32 Å². The molecule has 1 aliphatic rings. The number of nitrogens with one attached hydrogen (secondary N) is 1. The number of nitro groups is 1. The maximum atomic E-state index is 13.2. The zero-order chi connectivity index (χ0) is 22.0. The van der Waals surface area contributed by atoms with Gasteiger partial charge in [-0.3, -0.25) is 24.3 Å². The first-order valence-electron chi connectivity index (χ1n) is 10.2. The summed E-state index contributed by atoms with van der Waals surface area (Å²) in [6.45, 7) is 1.70. The van der Waals surface area contributed by atoms with Gasteiger partial charge in [0.1, 0.15) is 5.69 Å². The van der Waals surface area contributed by atoms with E-state index in [0.29, 0.717) is 16.1 Å². The fourth-order valence-electron chi connectivity index (χ4n) is 3.88. The first-order valence-corrected chi connectivity index (χ1v) is 11.1. The van der Waals surface area contributed by atoms with Crippen molar-refractivity contribution in [2.24, 2.45) is 0 Å². The van der Waals surface area contributed by atoms with E-state index in [2.05, 4.69) is 5.32 Å². The second kappa shape index (κ2) is 8.89. The molecule has 4 rings (SSSR count). The van der Waals surface area contributed by atoms with Crippen LogP contribution in [0, 0.1) is 10.1 Å². The fraction of sp³-hybridized carbons (Fsp3) is 0.318. The van der Waals surface area contributed by atoms with Crippen LogP contribution in [-0.4, -0.2) is 25.6 Å². The SMILES string of the molecule is CC(Sc1nc2ccccc2c(=O)n1C1CCCC1)C(=O)Nc1ccccc1[N+](=O)[O-]. The quantitative estimate of drug-likeness (QED) is 0.262. The highest BCUT2D eigenvalue weighted by Crippen LogP contribution is 2.34. The summed E-state index contributed by atoms with van der Waals surface area (Å²) in [7, 11) is 0. The van der Waals surface area contributed by atoms with Crippen LogP contribution >= 0.6 is 11.8 Å². The van der Waals surface area contributed by atoms with Crippen molar-refractivity contribution in [2.75, 3.05) is 5.32 Å². The van der Waals surface area contributed by atoms with Crippen LogP contribution in [0.5, 0.6) is 0 Å². The predicted octanol–water partition coefficient (Wildman–Crippen LogP) is 4.54. The van der Waals surface area contributed by atoms with Crippen molar-refractivity contribution in [3.63, 3.8) is 0 Å². The molecule has 0 bridgehead atoms. The van der Waals surface area contributed by atoms with Crippen LogP contribution in [0.3, 0.4) is 0 Å². The fourth-order valence-corrected chi connectivity index (χ4v) is 4.86. The largest absolute Gasteiger partial charge is 0.319 e. The van der Waals surface area contributed by atoms with Gasteiger partial charge in [0.15, 0.2) is 5.16 Å². The molecule has 1 atom stereocenters. The van der Waals surface area contributed by atoms with Gasteiger partial charge in [0.05, 0.1) is 21.1 Å². The molecule has 0 saturated heterocycles. The Morgan fingerprint density at radius 2 is 1.87 bits per heavy atom. The Morgan fingerprint density at radius 3 is 2.61 bits per heavy atom. The van der Waals surface area contributed by atoms with E-state index in [1.54, 1.807) is 35.8 Å². The first kappa shape index (κ1) is 21.0. The highest BCUT2D eigenvalue weighted by Gasteiger charge is 2.26. The lowest BCUT2D eigenvalue weighted by Gasteiger charge is -2.20. The van der Waals surface area contributed by atoms with Crippen LogP contribution < -0.4 is 10.9 Å². The molecule has 1 fully saturated rings. The number of anilines is 1. The highest BCUT2D eigenvalue weighted by molar-refractivity contribution is 8.00. The Morgan fingerprint density at radius 1 is 1.19 bits per heavy atom. The van der Waals surface area contributed by atoms with Crippen molar-refractivity contribution in [1.82, 2.24) is 9.55 Å². The van der Waals surface area contributed by atoms with Crippen LogP contribution in [0.15, 0.2) is 58.5 Å². The van der Waals surface area contributed by atoms with Gasteiger partial charge in [-0.25, -0.2) is 4.98 Å². The number of hydrogen-bond donors (Lipinski definition) is 1. The van der Waals surface area contributed by atoms with Gasteiger partial charge in [0, 0.05) is 12.1 Å². The molecule has 160 valence electrons. The molecular formula is C22H22N4O4S. The number of aromatic nitrogens is 2. The topological polar surface area (TPSA) is 107 Å². The average molecular weight is 439 g/mol. The second-order valence-corrected chi connectivity index (χ2v) is 8.86. The molecule has 3 aromatic rings. The summed E-state index contributed by atoms with van der Waals surface area (Å²) in [6, 6.07) is 13.3. The van der Waals surface area contributed by atoms with E-state index in [0.717, 1.165) is 25.7 Å². The molecule has 31 heavy (non-hydrogen) atoms. The van der Waals surface area contributed by atoms with E-state index < -0.39 is 10.2 Å². The standard InChI is InChI=1S/C22H22N4O4S/c1-14(20(27)23-18-12-6-7-13-19(18)26(29)30)31-22-24-17-11-5-4-10-16(17)21(28)25(22)15-8-2-3-9-15/h4-7,10-15H,2-3,8-9H2,1H3,(H,23,27). The van der Waals surface area contributed by atoms with Crippen LogP contribution in [-0.2, 0) is 4.79 Å². The molecule has 1 heterocycles. The number of amides is 1. The van der Waals surface area contributed by atoms with Crippen molar-refractivity contribution in [1.29, 1.82) is 0 Å². The van der Waals surface area contributed by atoms with Gasteiger partial charge in [0.2, 0.25) is 5.91 Å². The molecule has 9 heteroatoms. The lowest BCUT2D eigenvalue weighted by molar-refractivity contribution is -0.383. The highest BCUT2D eigenvalue weighted by atomic mass is 32.2. The minimum atomic E-state index is -0.611. The Labute approximate surface area is 182 Å². The summed E-state index contributed by atoms with van der Waals surface area (Å²) < 4.78 is 1.73. The van der Waals surface area contributed by atoms with Gasteiger partial charge in [-0.2, -0.15) is 0 Å². The van der Waals surface area contributed by atoms with Gasteiger partial charge >= 0.3 is 0 Å². The molecule has 0 radical (unpaired) electrons. The van der Waals surface area contributed by atoms with Gasteiger partial charge in [0.25, 0.3) is 11.2 Å². The minimum absolute atomic E-state index is 0.0672. The van der Waals surface area contributed by atoms with E-state index in [4.69, 9.17) is 4.98 Å². The lowest BCUT2D eigenvalue weighted by Crippen LogP contribution is -2.29. The number of hydrogen-bond acceptors (Lipinski definition) is 6. The Bertz CT molecular complexity index is 1200. The number of thioether (sulfide) groups is 1. The third-order valence-electron chi connectivity index (χ3n) is 5.48. The number of benzene rings is 2. The Hall–Kier alpha value is -3.20. The summed E-state index contributed by atoms with van der Waals surface area (Å²) in [4.78, 5) is 41.4. The summed E-state index contributed by atoms with van der Waals surface area (Å²) in [5.74, 6) is -0.389. The second-order valence-electron chi connectivity index (χ2n) is 7.55. The average Bonchev–Trinajstić information content (AvgIpc) is 3.28. The van der Waals surface area contributed by atoms with Crippen LogP contribution in [0.25, 0.3) is 10.9 Å². The summed E-state index contributed by atoms with van der Waals surface area (Å²) in [5, 5.41) is 14.3. The molecule has 1 aliphatic carbocycles. The van der Waals surface area contributed by atoms with Gasteiger partial charge in [-0.1, -0.05) is 48.9 Å². The van der Waals surface area contributed by atoms with Crippen molar-refractivity contribution in [3.05, 3.63) is 69.0 Å². The first-order chi connectivity index (χ1) is 15.0. The summed E-state index contributed by atoms with van der Waals surface area (Å²) >= 11 is 1.20. The number of nitrogens with zero attached hydrogens (tertiary/aromatic N) is 3. The molecule has 0 spiro atoms. The zero-order valence-electron chi connectivity index (χ0n) is 17.0. The smallest absolute Gasteiger partial charge is 0.292 e. The normalized spacial score (nSPS) is 15.1. The molecule has 1 unspecified atom stereocenters. The Kier molecular flexibility index (Phi) is 6.03. The number of nitro benzene ring substituents is 1. The molecular weight excluding hydrogens is 416 g/mol. The Balaban J connectivity index is 1.64. The molecule has 0 aliphatic heterocycles.